The van der Waals surface area contributed by atoms with Gasteiger partial charge in [-0.2, -0.15) is 0 Å². The lowest BCUT2D eigenvalue weighted by Gasteiger charge is -2.03. The van der Waals surface area contributed by atoms with Gasteiger partial charge in [0.2, 0.25) is 0 Å². The molecule has 5 nitrogen and oxygen atoms in total. The summed E-state index contributed by atoms with van der Waals surface area (Å²) in [6.07, 6.45) is 4.78. The predicted molar refractivity (Wildman–Crippen MR) is 59.5 cm³/mol. The van der Waals surface area contributed by atoms with Gasteiger partial charge in [-0.3, -0.25) is 10.2 Å². The molecule has 0 spiro atoms. The van der Waals surface area contributed by atoms with Crippen LogP contribution in [0.1, 0.15) is 42.3 Å². The van der Waals surface area contributed by atoms with Gasteiger partial charge in [-0.25, -0.2) is 5.84 Å². The smallest absolute Gasteiger partial charge is 0.268 e. The maximum absolute atomic E-state index is 11.3. The quantitative estimate of drug-likeness (QED) is 0.320. The van der Waals surface area contributed by atoms with Crippen molar-refractivity contribution in [1.29, 1.82) is 0 Å². The Labute approximate surface area is 94.9 Å². The molecule has 3 N–H and O–H groups in total. The Hall–Kier alpha value is -1.33. The molecule has 90 valence electrons. The first kappa shape index (κ1) is 12.7. The first-order valence-corrected chi connectivity index (χ1v) is 5.44. The zero-order chi connectivity index (χ0) is 11.8. The number of amides is 1. The van der Waals surface area contributed by atoms with E-state index in [-0.39, 0.29) is 5.91 Å². The molecule has 0 aliphatic rings. The summed E-state index contributed by atoms with van der Waals surface area (Å²) in [5.41, 5.74) is 2.49. The summed E-state index contributed by atoms with van der Waals surface area (Å²) in [5, 5.41) is 0. The van der Waals surface area contributed by atoms with Gasteiger partial charge in [-0.1, -0.05) is 19.8 Å². The molecule has 0 aliphatic carbocycles. The molecule has 16 heavy (non-hydrogen) atoms. The molecule has 1 aromatic heterocycles. The van der Waals surface area contributed by atoms with Gasteiger partial charge in [-0.05, 0) is 12.5 Å². The number of rotatable bonds is 7. The molecule has 0 atom stereocenters. The Kier molecular flexibility index (Phi) is 5.60. The molecule has 1 rings (SSSR count). The van der Waals surface area contributed by atoms with E-state index in [9.17, 15) is 4.79 Å². The fourth-order valence-corrected chi connectivity index (χ4v) is 1.35. The van der Waals surface area contributed by atoms with Gasteiger partial charge in [0, 0.05) is 6.61 Å². The lowest BCUT2D eigenvalue weighted by Crippen LogP contribution is -2.30. The molecule has 0 bridgehead atoms. The van der Waals surface area contributed by atoms with Crippen molar-refractivity contribution >= 4 is 5.91 Å². The minimum absolute atomic E-state index is 0.305. The minimum Gasteiger partial charge on any atom is -0.466 e. The SMILES string of the molecule is CCCCCOCc1occc1C(=O)NN. The summed E-state index contributed by atoms with van der Waals surface area (Å²) in [6.45, 7) is 3.12. The Balaban J connectivity index is 2.36. The number of hydrazine groups is 1. The minimum atomic E-state index is -0.360. The largest absolute Gasteiger partial charge is 0.466 e. The highest BCUT2D eigenvalue weighted by molar-refractivity contribution is 5.94. The number of nitrogens with two attached hydrogens (primary N) is 1. The van der Waals surface area contributed by atoms with Crippen LogP contribution in [-0.2, 0) is 11.3 Å². The van der Waals surface area contributed by atoms with Gasteiger partial charge < -0.3 is 9.15 Å². The molecule has 0 aliphatic heterocycles. The number of carbonyl (C=O) groups excluding carboxylic acids is 1. The van der Waals surface area contributed by atoms with Crippen LogP contribution in [0.2, 0.25) is 0 Å². The van der Waals surface area contributed by atoms with Crippen molar-refractivity contribution in [3.63, 3.8) is 0 Å². The average Bonchev–Trinajstić information content (AvgIpc) is 2.76. The van der Waals surface area contributed by atoms with Gasteiger partial charge in [-0.15, -0.1) is 0 Å². The number of unbranched alkanes of at least 4 members (excludes halogenated alkanes) is 2. The second-order valence-electron chi connectivity index (χ2n) is 3.49. The van der Waals surface area contributed by atoms with Crippen LogP contribution in [0, 0.1) is 0 Å². The number of nitrogens with one attached hydrogen (secondary N) is 1. The lowest BCUT2D eigenvalue weighted by molar-refractivity contribution is 0.0910. The Morgan fingerprint density at radius 1 is 1.56 bits per heavy atom. The molecular weight excluding hydrogens is 208 g/mol. The number of carbonyl (C=O) groups is 1. The molecule has 0 aromatic carbocycles. The van der Waals surface area contributed by atoms with Gasteiger partial charge >= 0.3 is 0 Å². The van der Waals surface area contributed by atoms with Crippen LogP contribution in [0.15, 0.2) is 16.7 Å². The third kappa shape index (κ3) is 3.67. The Morgan fingerprint density at radius 2 is 2.38 bits per heavy atom. The maximum atomic E-state index is 11.3. The first-order valence-electron chi connectivity index (χ1n) is 5.44. The Morgan fingerprint density at radius 3 is 3.06 bits per heavy atom. The van der Waals surface area contributed by atoms with Crippen molar-refractivity contribution < 1.29 is 13.9 Å². The molecule has 0 fully saturated rings. The maximum Gasteiger partial charge on any atom is 0.268 e. The number of hydrogen-bond donors (Lipinski definition) is 2. The van der Waals surface area contributed by atoms with Crippen molar-refractivity contribution in [2.24, 2.45) is 5.84 Å². The van der Waals surface area contributed by atoms with Crippen LogP contribution in [0.5, 0.6) is 0 Å². The van der Waals surface area contributed by atoms with E-state index < -0.39 is 0 Å². The zero-order valence-corrected chi connectivity index (χ0v) is 9.49. The number of ether oxygens (including phenoxy) is 1. The molecule has 0 unspecified atom stereocenters. The molecule has 1 amide bonds. The highest BCUT2D eigenvalue weighted by Crippen LogP contribution is 2.11. The summed E-state index contributed by atoms with van der Waals surface area (Å²) in [6, 6.07) is 1.58. The second-order valence-corrected chi connectivity index (χ2v) is 3.49. The monoisotopic (exact) mass is 226 g/mol. The van der Waals surface area contributed by atoms with E-state index in [1.54, 1.807) is 6.07 Å². The van der Waals surface area contributed by atoms with Crippen LogP contribution < -0.4 is 11.3 Å². The van der Waals surface area contributed by atoms with Crippen molar-refractivity contribution in [3.8, 4) is 0 Å². The topological polar surface area (TPSA) is 77.5 Å². The summed E-state index contributed by atoms with van der Waals surface area (Å²) in [4.78, 5) is 11.3. The molecule has 0 saturated carbocycles. The highest BCUT2D eigenvalue weighted by Gasteiger charge is 2.13. The zero-order valence-electron chi connectivity index (χ0n) is 9.49. The normalized spacial score (nSPS) is 10.4. The number of hydrogen-bond acceptors (Lipinski definition) is 4. The van der Waals surface area contributed by atoms with Crippen molar-refractivity contribution in [1.82, 2.24) is 5.43 Å². The highest BCUT2D eigenvalue weighted by atomic mass is 16.5. The van der Waals surface area contributed by atoms with E-state index in [0.29, 0.717) is 24.5 Å². The van der Waals surface area contributed by atoms with Gasteiger partial charge in [0.1, 0.15) is 12.4 Å². The van der Waals surface area contributed by atoms with Crippen molar-refractivity contribution in [3.05, 3.63) is 23.7 Å². The molecule has 5 heteroatoms. The van der Waals surface area contributed by atoms with E-state index in [0.717, 1.165) is 19.3 Å². The van der Waals surface area contributed by atoms with E-state index in [2.05, 4.69) is 12.3 Å². The van der Waals surface area contributed by atoms with Crippen LogP contribution in [0.25, 0.3) is 0 Å². The number of furan rings is 1. The summed E-state index contributed by atoms with van der Waals surface area (Å²) < 4.78 is 10.6. The van der Waals surface area contributed by atoms with Crippen molar-refractivity contribution in [2.45, 2.75) is 32.8 Å². The fourth-order valence-electron chi connectivity index (χ4n) is 1.35. The molecule has 0 radical (unpaired) electrons. The molecular formula is C11H18N2O3. The molecule has 1 aromatic rings. The third-order valence-corrected chi connectivity index (χ3v) is 2.25. The van der Waals surface area contributed by atoms with Crippen LogP contribution in [0.3, 0.4) is 0 Å². The van der Waals surface area contributed by atoms with Gasteiger partial charge in [0.05, 0.1) is 11.8 Å². The Bertz CT molecular complexity index is 323. The van der Waals surface area contributed by atoms with E-state index in [1.807, 2.05) is 0 Å². The first-order chi connectivity index (χ1) is 7.79. The van der Waals surface area contributed by atoms with Crippen LogP contribution >= 0.6 is 0 Å². The summed E-state index contributed by atoms with van der Waals surface area (Å²) in [7, 11) is 0. The van der Waals surface area contributed by atoms with Crippen LogP contribution in [-0.4, -0.2) is 12.5 Å². The fraction of sp³-hybridized carbons (Fsp3) is 0.545. The van der Waals surface area contributed by atoms with Gasteiger partial charge in [0.25, 0.3) is 5.91 Å². The lowest BCUT2D eigenvalue weighted by atomic mass is 10.2. The predicted octanol–water partition coefficient (Wildman–Crippen LogP) is 1.59. The van der Waals surface area contributed by atoms with E-state index in [4.69, 9.17) is 15.0 Å². The van der Waals surface area contributed by atoms with E-state index in [1.165, 1.54) is 6.26 Å². The van der Waals surface area contributed by atoms with Gasteiger partial charge in [0.15, 0.2) is 0 Å². The van der Waals surface area contributed by atoms with E-state index >= 15 is 0 Å². The standard InChI is InChI=1S/C11H18N2O3/c1-2-3-4-6-15-8-10-9(5-7-16-10)11(14)13-12/h5,7H,2-4,6,8,12H2,1H3,(H,13,14). The summed E-state index contributed by atoms with van der Waals surface area (Å²) >= 11 is 0. The third-order valence-electron chi connectivity index (χ3n) is 2.25. The molecule has 1 heterocycles. The average molecular weight is 226 g/mol. The molecule has 0 saturated heterocycles. The van der Waals surface area contributed by atoms with Crippen LogP contribution in [0.4, 0.5) is 0 Å². The second kappa shape index (κ2) is 7.03. The summed E-state index contributed by atoms with van der Waals surface area (Å²) in [5.74, 6) is 5.20. The van der Waals surface area contributed by atoms with Crippen molar-refractivity contribution in [2.75, 3.05) is 6.61 Å². The number of nitrogen functional groups attached to an aromatic ring is 1.